The van der Waals surface area contributed by atoms with E-state index in [9.17, 15) is 4.79 Å². The molecule has 24 heavy (non-hydrogen) atoms. The van der Waals surface area contributed by atoms with E-state index in [1.165, 1.54) is 11.3 Å². The van der Waals surface area contributed by atoms with Crippen molar-refractivity contribution in [2.75, 3.05) is 36.4 Å². The van der Waals surface area contributed by atoms with Crippen molar-refractivity contribution in [3.8, 4) is 0 Å². The van der Waals surface area contributed by atoms with Crippen molar-refractivity contribution in [3.05, 3.63) is 59.2 Å². The van der Waals surface area contributed by atoms with E-state index in [4.69, 9.17) is 0 Å². The van der Waals surface area contributed by atoms with Crippen LogP contribution in [0.5, 0.6) is 0 Å². The molecular formula is C20H25N3O. The van der Waals surface area contributed by atoms with Crippen molar-refractivity contribution in [3.63, 3.8) is 0 Å². The van der Waals surface area contributed by atoms with Crippen LogP contribution in [0.1, 0.15) is 16.7 Å². The number of aryl methyl sites for hydroxylation is 3. The van der Waals surface area contributed by atoms with E-state index in [0.29, 0.717) is 0 Å². The molecular weight excluding hydrogens is 298 g/mol. The minimum Gasteiger partial charge on any atom is -0.368 e. The first-order valence-corrected chi connectivity index (χ1v) is 8.49. The first-order valence-electron chi connectivity index (χ1n) is 8.49. The van der Waals surface area contributed by atoms with Crippen LogP contribution in [0.25, 0.3) is 0 Å². The van der Waals surface area contributed by atoms with Crippen molar-refractivity contribution in [1.29, 1.82) is 0 Å². The number of hydrogen-bond acceptors (Lipinski definition) is 2. The SMILES string of the molecule is Cc1ccccc1N1CCN(C(=O)Nc2c(C)cccc2C)CC1. The van der Waals surface area contributed by atoms with Crippen LogP contribution in [-0.2, 0) is 0 Å². The summed E-state index contributed by atoms with van der Waals surface area (Å²) < 4.78 is 0. The number of anilines is 2. The van der Waals surface area contributed by atoms with Gasteiger partial charge in [-0.2, -0.15) is 0 Å². The lowest BCUT2D eigenvalue weighted by Gasteiger charge is -2.36. The maximum Gasteiger partial charge on any atom is 0.321 e. The summed E-state index contributed by atoms with van der Waals surface area (Å²) in [6, 6.07) is 14.5. The number of rotatable bonds is 2. The lowest BCUT2D eigenvalue weighted by molar-refractivity contribution is 0.208. The van der Waals surface area contributed by atoms with Gasteiger partial charge < -0.3 is 15.1 Å². The number of carbonyl (C=O) groups is 1. The molecule has 1 fully saturated rings. The number of para-hydroxylation sites is 2. The standard InChI is InChI=1S/C20H25N3O/c1-15-7-4-5-10-18(15)22-11-13-23(14-12-22)20(24)21-19-16(2)8-6-9-17(19)3/h4-10H,11-14H2,1-3H3,(H,21,24). The van der Waals surface area contributed by atoms with Crippen LogP contribution in [0.15, 0.2) is 42.5 Å². The summed E-state index contributed by atoms with van der Waals surface area (Å²) in [7, 11) is 0. The Labute approximate surface area is 144 Å². The van der Waals surface area contributed by atoms with Gasteiger partial charge >= 0.3 is 6.03 Å². The minimum atomic E-state index is -0.00293. The number of benzene rings is 2. The van der Waals surface area contributed by atoms with Crippen LogP contribution >= 0.6 is 0 Å². The van der Waals surface area contributed by atoms with Gasteiger partial charge in [0.1, 0.15) is 0 Å². The third-order valence-electron chi connectivity index (χ3n) is 4.74. The van der Waals surface area contributed by atoms with Crippen molar-refractivity contribution >= 4 is 17.4 Å². The topological polar surface area (TPSA) is 35.6 Å². The van der Waals surface area contributed by atoms with Gasteiger partial charge in [-0.05, 0) is 43.5 Å². The molecule has 1 aliphatic rings. The summed E-state index contributed by atoms with van der Waals surface area (Å²) in [5.74, 6) is 0. The van der Waals surface area contributed by atoms with Crippen LogP contribution in [0.4, 0.5) is 16.2 Å². The second-order valence-corrected chi connectivity index (χ2v) is 6.46. The molecule has 1 heterocycles. The summed E-state index contributed by atoms with van der Waals surface area (Å²) in [5.41, 5.74) is 5.69. The summed E-state index contributed by atoms with van der Waals surface area (Å²) in [4.78, 5) is 16.8. The van der Waals surface area contributed by atoms with E-state index in [2.05, 4.69) is 41.4 Å². The second-order valence-electron chi connectivity index (χ2n) is 6.46. The Morgan fingerprint density at radius 2 is 1.42 bits per heavy atom. The van der Waals surface area contributed by atoms with Crippen molar-refractivity contribution < 1.29 is 4.79 Å². The number of amides is 2. The van der Waals surface area contributed by atoms with E-state index in [1.54, 1.807) is 0 Å². The zero-order chi connectivity index (χ0) is 17.1. The molecule has 2 aromatic carbocycles. The van der Waals surface area contributed by atoms with E-state index >= 15 is 0 Å². The highest BCUT2D eigenvalue weighted by atomic mass is 16.2. The quantitative estimate of drug-likeness (QED) is 0.908. The highest BCUT2D eigenvalue weighted by Gasteiger charge is 2.22. The number of hydrogen-bond donors (Lipinski definition) is 1. The zero-order valence-electron chi connectivity index (χ0n) is 14.7. The van der Waals surface area contributed by atoms with Gasteiger partial charge in [-0.1, -0.05) is 36.4 Å². The van der Waals surface area contributed by atoms with Gasteiger partial charge in [0.05, 0.1) is 0 Å². The Morgan fingerprint density at radius 1 is 0.833 bits per heavy atom. The molecule has 0 atom stereocenters. The molecule has 0 saturated carbocycles. The summed E-state index contributed by atoms with van der Waals surface area (Å²) in [5, 5.41) is 3.08. The van der Waals surface area contributed by atoms with Crippen LogP contribution in [0.3, 0.4) is 0 Å². The molecule has 0 aliphatic carbocycles. The van der Waals surface area contributed by atoms with Crippen molar-refractivity contribution in [2.24, 2.45) is 0 Å². The van der Waals surface area contributed by atoms with Gasteiger partial charge in [0.2, 0.25) is 0 Å². The smallest absolute Gasteiger partial charge is 0.321 e. The maximum absolute atomic E-state index is 12.6. The lowest BCUT2D eigenvalue weighted by atomic mass is 10.1. The first kappa shape index (κ1) is 16.4. The minimum absolute atomic E-state index is 0.00293. The van der Waals surface area contributed by atoms with E-state index in [1.807, 2.05) is 36.9 Å². The summed E-state index contributed by atoms with van der Waals surface area (Å²) >= 11 is 0. The average Bonchev–Trinajstić information content (AvgIpc) is 2.59. The van der Waals surface area contributed by atoms with E-state index in [0.717, 1.165) is 43.0 Å². The molecule has 4 heteroatoms. The van der Waals surface area contributed by atoms with Gasteiger partial charge in [0, 0.05) is 37.6 Å². The molecule has 0 unspecified atom stereocenters. The number of piperazine rings is 1. The maximum atomic E-state index is 12.6. The number of carbonyl (C=O) groups excluding carboxylic acids is 1. The molecule has 0 bridgehead atoms. The lowest BCUT2D eigenvalue weighted by Crippen LogP contribution is -2.50. The molecule has 0 aromatic heterocycles. The Morgan fingerprint density at radius 3 is 2.04 bits per heavy atom. The molecule has 4 nitrogen and oxygen atoms in total. The Bertz CT molecular complexity index is 713. The van der Waals surface area contributed by atoms with Gasteiger partial charge in [-0.3, -0.25) is 0 Å². The Kier molecular flexibility index (Phi) is 4.74. The molecule has 2 amide bonds. The zero-order valence-corrected chi connectivity index (χ0v) is 14.7. The van der Waals surface area contributed by atoms with Crippen LogP contribution < -0.4 is 10.2 Å². The van der Waals surface area contributed by atoms with E-state index in [-0.39, 0.29) is 6.03 Å². The van der Waals surface area contributed by atoms with Gasteiger partial charge in [-0.15, -0.1) is 0 Å². The predicted molar refractivity (Wildman–Crippen MR) is 99.9 cm³/mol. The fraction of sp³-hybridized carbons (Fsp3) is 0.350. The molecule has 1 aliphatic heterocycles. The van der Waals surface area contributed by atoms with Crippen molar-refractivity contribution in [2.45, 2.75) is 20.8 Å². The largest absolute Gasteiger partial charge is 0.368 e. The molecule has 1 N–H and O–H groups in total. The molecule has 1 saturated heterocycles. The monoisotopic (exact) mass is 323 g/mol. The predicted octanol–water partition coefficient (Wildman–Crippen LogP) is 3.97. The van der Waals surface area contributed by atoms with Crippen LogP contribution in [0, 0.1) is 20.8 Å². The van der Waals surface area contributed by atoms with E-state index < -0.39 is 0 Å². The number of nitrogens with one attached hydrogen (secondary N) is 1. The third kappa shape index (κ3) is 3.37. The van der Waals surface area contributed by atoms with Gasteiger partial charge in [-0.25, -0.2) is 4.79 Å². The Balaban J connectivity index is 1.62. The normalized spacial score (nSPS) is 14.6. The van der Waals surface area contributed by atoms with Crippen molar-refractivity contribution in [1.82, 2.24) is 4.90 Å². The van der Waals surface area contributed by atoms with Crippen LogP contribution in [-0.4, -0.2) is 37.1 Å². The Hall–Kier alpha value is -2.49. The number of nitrogens with zero attached hydrogens (tertiary/aromatic N) is 2. The molecule has 0 spiro atoms. The van der Waals surface area contributed by atoms with Gasteiger partial charge in [0.15, 0.2) is 0 Å². The fourth-order valence-electron chi connectivity index (χ4n) is 3.27. The summed E-state index contributed by atoms with van der Waals surface area (Å²) in [6.07, 6.45) is 0. The first-order chi connectivity index (χ1) is 11.6. The third-order valence-corrected chi connectivity index (χ3v) is 4.74. The highest BCUT2D eigenvalue weighted by Crippen LogP contribution is 2.22. The molecule has 2 aromatic rings. The fourth-order valence-corrected chi connectivity index (χ4v) is 3.27. The molecule has 3 rings (SSSR count). The van der Waals surface area contributed by atoms with Crippen LogP contribution in [0.2, 0.25) is 0 Å². The van der Waals surface area contributed by atoms with Gasteiger partial charge in [0.25, 0.3) is 0 Å². The highest BCUT2D eigenvalue weighted by molar-refractivity contribution is 5.91. The average molecular weight is 323 g/mol. The molecule has 0 radical (unpaired) electrons. The summed E-state index contributed by atoms with van der Waals surface area (Å²) in [6.45, 7) is 9.40. The molecule has 126 valence electrons. The number of urea groups is 1. The second kappa shape index (κ2) is 6.95.